The molecule has 5 heteroatoms. The average Bonchev–Trinajstić information content (AvgIpc) is 2.57. The zero-order valence-corrected chi connectivity index (χ0v) is 12.9. The van der Waals surface area contributed by atoms with E-state index in [0.717, 1.165) is 16.8 Å². The van der Waals surface area contributed by atoms with Crippen LogP contribution in [0.1, 0.15) is 17.5 Å². The molecule has 2 aromatic rings. The zero-order chi connectivity index (χ0) is 16.2. The zero-order valence-electron chi connectivity index (χ0n) is 12.9. The molecule has 0 fully saturated rings. The van der Waals surface area contributed by atoms with Gasteiger partial charge in [0.1, 0.15) is 6.61 Å². The fraction of sp³-hybridized carbons (Fsp3) is 0.222. The van der Waals surface area contributed by atoms with Crippen molar-refractivity contribution in [1.29, 1.82) is 0 Å². The molecule has 0 aromatic heterocycles. The predicted octanol–water partition coefficient (Wildman–Crippen LogP) is 3.34. The van der Waals surface area contributed by atoms with E-state index in [4.69, 9.17) is 4.74 Å². The summed E-state index contributed by atoms with van der Waals surface area (Å²) in [5.74, 6) is 0.112. The first kappa shape index (κ1) is 15.1. The lowest BCUT2D eigenvalue weighted by molar-refractivity contribution is -0.118. The number of rotatable bonds is 3. The summed E-state index contributed by atoms with van der Waals surface area (Å²) in [5.41, 5.74) is 3.55. The molecule has 0 radical (unpaired) electrons. The Kier molecular flexibility index (Phi) is 4.28. The fourth-order valence-corrected chi connectivity index (χ4v) is 2.61. The summed E-state index contributed by atoms with van der Waals surface area (Å²) in [7, 11) is 1.77. The second-order valence-electron chi connectivity index (χ2n) is 5.48. The van der Waals surface area contributed by atoms with Gasteiger partial charge in [0.2, 0.25) is 5.91 Å². The Balaban J connectivity index is 1.62. The highest BCUT2D eigenvalue weighted by Gasteiger charge is 2.21. The van der Waals surface area contributed by atoms with E-state index in [2.05, 4.69) is 5.32 Å². The molecule has 0 atom stereocenters. The minimum atomic E-state index is -0.492. The van der Waals surface area contributed by atoms with Crippen LogP contribution in [0.25, 0.3) is 0 Å². The SMILES string of the molecule is CN1C(=O)CCc2cc(NC(=O)OCc3ccccc3)ccc21. The molecule has 0 unspecified atom stereocenters. The molecule has 5 nitrogen and oxygen atoms in total. The quantitative estimate of drug-likeness (QED) is 0.946. The van der Waals surface area contributed by atoms with Gasteiger partial charge in [0.05, 0.1) is 0 Å². The largest absolute Gasteiger partial charge is 0.444 e. The number of nitrogens with zero attached hydrogens (tertiary/aromatic N) is 1. The topological polar surface area (TPSA) is 58.6 Å². The highest BCUT2D eigenvalue weighted by molar-refractivity contribution is 5.96. The monoisotopic (exact) mass is 310 g/mol. The van der Waals surface area contributed by atoms with Gasteiger partial charge in [0.15, 0.2) is 0 Å². The first-order valence-electron chi connectivity index (χ1n) is 7.50. The molecule has 118 valence electrons. The van der Waals surface area contributed by atoms with Gasteiger partial charge in [0.25, 0.3) is 0 Å². The summed E-state index contributed by atoms with van der Waals surface area (Å²) < 4.78 is 5.20. The standard InChI is InChI=1S/C18H18N2O3/c1-20-16-9-8-15(11-14(16)7-10-17(20)21)19-18(22)23-12-13-5-3-2-4-6-13/h2-6,8-9,11H,7,10,12H2,1H3,(H,19,22). The highest BCUT2D eigenvalue weighted by atomic mass is 16.5. The fourth-order valence-electron chi connectivity index (χ4n) is 2.61. The first-order valence-corrected chi connectivity index (χ1v) is 7.50. The van der Waals surface area contributed by atoms with Crippen LogP contribution in [0.15, 0.2) is 48.5 Å². The van der Waals surface area contributed by atoms with Crippen LogP contribution in [0.5, 0.6) is 0 Å². The number of hydrogen-bond donors (Lipinski definition) is 1. The van der Waals surface area contributed by atoms with Gasteiger partial charge >= 0.3 is 6.09 Å². The van der Waals surface area contributed by atoms with E-state index in [1.807, 2.05) is 42.5 Å². The molecular weight excluding hydrogens is 292 g/mol. The number of fused-ring (bicyclic) bond motifs is 1. The lowest BCUT2D eigenvalue weighted by atomic mass is 10.0. The van der Waals surface area contributed by atoms with Crippen LogP contribution >= 0.6 is 0 Å². The van der Waals surface area contributed by atoms with Gasteiger partial charge in [-0.3, -0.25) is 10.1 Å². The van der Waals surface area contributed by atoms with Crippen molar-refractivity contribution in [3.8, 4) is 0 Å². The van der Waals surface area contributed by atoms with Gasteiger partial charge in [-0.25, -0.2) is 4.79 Å². The van der Waals surface area contributed by atoms with Crippen molar-refractivity contribution in [2.45, 2.75) is 19.4 Å². The lowest BCUT2D eigenvalue weighted by Crippen LogP contribution is -2.31. The van der Waals surface area contributed by atoms with Crippen molar-refractivity contribution in [3.05, 3.63) is 59.7 Å². The van der Waals surface area contributed by atoms with Crippen molar-refractivity contribution in [2.24, 2.45) is 0 Å². The first-order chi connectivity index (χ1) is 11.1. The van der Waals surface area contributed by atoms with E-state index in [1.54, 1.807) is 18.0 Å². The second kappa shape index (κ2) is 6.52. The van der Waals surface area contributed by atoms with Gasteiger partial charge in [0, 0.05) is 24.8 Å². The van der Waals surface area contributed by atoms with E-state index in [1.165, 1.54) is 0 Å². The summed E-state index contributed by atoms with van der Waals surface area (Å²) in [6, 6.07) is 15.0. The number of carbonyl (C=O) groups is 2. The maximum absolute atomic E-state index is 11.9. The van der Waals surface area contributed by atoms with Gasteiger partial charge in [-0.15, -0.1) is 0 Å². The number of amides is 2. The van der Waals surface area contributed by atoms with E-state index >= 15 is 0 Å². The summed E-state index contributed by atoms with van der Waals surface area (Å²) >= 11 is 0. The minimum absolute atomic E-state index is 0.112. The Morgan fingerprint density at radius 2 is 1.96 bits per heavy atom. The van der Waals surface area contributed by atoms with Crippen molar-refractivity contribution in [3.63, 3.8) is 0 Å². The normalized spacial score (nSPS) is 13.4. The van der Waals surface area contributed by atoms with Gasteiger partial charge in [-0.1, -0.05) is 30.3 Å². The number of aryl methyl sites for hydroxylation is 1. The minimum Gasteiger partial charge on any atom is -0.444 e. The van der Waals surface area contributed by atoms with Crippen molar-refractivity contribution in [1.82, 2.24) is 0 Å². The third-order valence-electron chi connectivity index (χ3n) is 3.88. The van der Waals surface area contributed by atoms with Crippen molar-refractivity contribution in [2.75, 3.05) is 17.3 Å². The molecular formula is C18H18N2O3. The van der Waals surface area contributed by atoms with Crippen LogP contribution in [0.3, 0.4) is 0 Å². The maximum Gasteiger partial charge on any atom is 0.411 e. The molecule has 0 aliphatic carbocycles. The second-order valence-corrected chi connectivity index (χ2v) is 5.48. The van der Waals surface area contributed by atoms with Crippen LogP contribution < -0.4 is 10.2 Å². The number of benzene rings is 2. The number of anilines is 2. The molecule has 0 spiro atoms. The Hall–Kier alpha value is -2.82. The summed E-state index contributed by atoms with van der Waals surface area (Å²) in [6.45, 7) is 0.231. The molecule has 2 amide bonds. The Morgan fingerprint density at radius 3 is 2.74 bits per heavy atom. The Labute approximate surface area is 134 Å². The molecule has 23 heavy (non-hydrogen) atoms. The smallest absolute Gasteiger partial charge is 0.411 e. The van der Waals surface area contributed by atoms with Crippen molar-refractivity contribution >= 4 is 23.4 Å². The van der Waals surface area contributed by atoms with Crippen LogP contribution in [0, 0.1) is 0 Å². The van der Waals surface area contributed by atoms with Crippen LogP contribution in [0.4, 0.5) is 16.2 Å². The van der Waals surface area contributed by atoms with Crippen LogP contribution in [-0.4, -0.2) is 19.0 Å². The Bertz CT molecular complexity index is 728. The van der Waals surface area contributed by atoms with Gasteiger partial charge in [-0.05, 0) is 35.7 Å². The molecule has 2 aromatic carbocycles. The summed E-state index contributed by atoms with van der Waals surface area (Å²) in [4.78, 5) is 25.2. The lowest BCUT2D eigenvalue weighted by Gasteiger charge is -2.26. The molecule has 1 aliphatic rings. The average molecular weight is 310 g/mol. The molecule has 3 rings (SSSR count). The number of carbonyl (C=O) groups excluding carboxylic acids is 2. The molecule has 1 N–H and O–H groups in total. The molecule has 1 heterocycles. The maximum atomic E-state index is 11.9. The predicted molar refractivity (Wildman–Crippen MR) is 88.4 cm³/mol. The Morgan fingerprint density at radius 1 is 1.17 bits per heavy atom. The third-order valence-corrected chi connectivity index (χ3v) is 3.88. The molecule has 1 aliphatic heterocycles. The number of nitrogens with one attached hydrogen (secondary N) is 1. The van der Waals surface area contributed by atoms with E-state index in [-0.39, 0.29) is 12.5 Å². The van der Waals surface area contributed by atoms with Crippen LogP contribution in [-0.2, 0) is 22.6 Å². The van der Waals surface area contributed by atoms with E-state index in [0.29, 0.717) is 18.5 Å². The third kappa shape index (κ3) is 3.51. The van der Waals surface area contributed by atoms with E-state index in [9.17, 15) is 9.59 Å². The van der Waals surface area contributed by atoms with E-state index < -0.39 is 6.09 Å². The molecule has 0 saturated carbocycles. The number of ether oxygens (including phenoxy) is 1. The van der Waals surface area contributed by atoms with Gasteiger partial charge in [-0.2, -0.15) is 0 Å². The highest BCUT2D eigenvalue weighted by Crippen LogP contribution is 2.29. The molecule has 0 bridgehead atoms. The summed E-state index contributed by atoms with van der Waals surface area (Å²) in [5, 5.41) is 2.72. The van der Waals surface area contributed by atoms with Gasteiger partial charge < -0.3 is 9.64 Å². The van der Waals surface area contributed by atoms with Crippen LogP contribution in [0.2, 0.25) is 0 Å². The molecule has 0 saturated heterocycles. The van der Waals surface area contributed by atoms with Crippen molar-refractivity contribution < 1.29 is 14.3 Å². The number of hydrogen-bond acceptors (Lipinski definition) is 3. The summed E-state index contributed by atoms with van der Waals surface area (Å²) in [6.07, 6.45) is 0.687.